The zero-order valence-corrected chi connectivity index (χ0v) is 9.72. The van der Waals surface area contributed by atoms with Crippen LogP contribution in [0.5, 0.6) is 0 Å². The summed E-state index contributed by atoms with van der Waals surface area (Å²) in [6.45, 7) is 2.14. The van der Waals surface area contributed by atoms with E-state index in [1.807, 2.05) is 13.0 Å². The molecule has 2 unspecified atom stereocenters. The third kappa shape index (κ3) is 3.71. The van der Waals surface area contributed by atoms with Gasteiger partial charge in [-0.2, -0.15) is 5.26 Å². The van der Waals surface area contributed by atoms with Crippen molar-refractivity contribution in [3.63, 3.8) is 0 Å². The fraction of sp³-hybridized carbons (Fsp3) is 0.417. The largest absolute Gasteiger partial charge is 0.398 e. The Hall–Kier alpha value is -1.61. The Morgan fingerprint density at radius 2 is 2.24 bits per heavy atom. The van der Waals surface area contributed by atoms with Crippen molar-refractivity contribution in [3.05, 3.63) is 29.3 Å². The van der Waals surface area contributed by atoms with Crippen molar-refractivity contribution in [1.82, 2.24) is 5.32 Å². The third-order valence-electron chi connectivity index (χ3n) is 2.52. The van der Waals surface area contributed by atoms with E-state index in [0.717, 1.165) is 0 Å². The highest BCUT2D eigenvalue weighted by Crippen LogP contribution is 2.18. The Bertz CT molecular complexity index is 415. The fourth-order valence-corrected chi connectivity index (χ4v) is 1.37. The minimum absolute atomic E-state index is 0.0118. The van der Waals surface area contributed by atoms with Crippen molar-refractivity contribution in [2.24, 2.45) is 0 Å². The number of benzene rings is 1. The van der Waals surface area contributed by atoms with Crippen LogP contribution >= 0.6 is 0 Å². The third-order valence-corrected chi connectivity index (χ3v) is 2.52. The normalized spacial score (nSPS) is 14.0. The van der Waals surface area contributed by atoms with Crippen molar-refractivity contribution in [3.8, 4) is 6.07 Å². The number of anilines is 1. The van der Waals surface area contributed by atoms with Crippen molar-refractivity contribution < 1.29 is 10.2 Å². The van der Waals surface area contributed by atoms with Gasteiger partial charge in [-0.1, -0.05) is 6.07 Å². The molecule has 0 bridgehead atoms. The summed E-state index contributed by atoms with van der Waals surface area (Å²) in [5.74, 6) is 0. The van der Waals surface area contributed by atoms with E-state index in [4.69, 9.17) is 16.1 Å². The van der Waals surface area contributed by atoms with Crippen LogP contribution in [0.2, 0.25) is 0 Å². The Morgan fingerprint density at radius 3 is 2.82 bits per heavy atom. The van der Waals surface area contributed by atoms with Crippen LogP contribution in [0.3, 0.4) is 0 Å². The molecule has 0 aliphatic rings. The van der Waals surface area contributed by atoms with Gasteiger partial charge in [-0.3, -0.25) is 0 Å². The molecule has 1 rings (SSSR count). The lowest BCUT2D eigenvalue weighted by Crippen LogP contribution is -2.32. The summed E-state index contributed by atoms with van der Waals surface area (Å²) in [5, 5.41) is 30.5. The maximum Gasteiger partial charge on any atom is 0.101 e. The molecule has 1 aromatic carbocycles. The van der Waals surface area contributed by atoms with Gasteiger partial charge in [0.05, 0.1) is 18.3 Å². The van der Waals surface area contributed by atoms with Gasteiger partial charge in [-0.05, 0) is 24.6 Å². The second-order valence-corrected chi connectivity index (χ2v) is 3.97. The summed E-state index contributed by atoms with van der Waals surface area (Å²) in [4.78, 5) is 0. The summed E-state index contributed by atoms with van der Waals surface area (Å²) in [6, 6.07) is 6.76. The molecule has 0 heterocycles. The van der Waals surface area contributed by atoms with Gasteiger partial charge in [0, 0.05) is 18.3 Å². The number of nitrogens with one attached hydrogen (secondary N) is 1. The van der Waals surface area contributed by atoms with Gasteiger partial charge in [0.15, 0.2) is 0 Å². The first-order valence-corrected chi connectivity index (χ1v) is 5.40. The van der Waals surface area contributed by atoms with E-state index in [1.165, 1.54) is 0 Å². The number of nitrogens with two attached hydrogens (primary N) is 1. The number of nitriles is 1. The molecule has 5 nitrogen and oxygen atoms in total. The molecule has 0 amide bonds. The standard InChI is InChI=1S/C12H17N3O2/c1-8(7-16)15-6-12(17)9-2-3-11(14)10(4-9)5-13/h2-4,8,12,15-17H,6-7,14H2,1H3. The Labute approximate surface area is 100 Å². The van der Waals surface area contributed by atoms with Crippen LogP contribution in [0.1, 0.15) is 24.2 Å². The van der Waals surface area contributed by atoms with Crippen LogP contribution in [-0.4, -0.2) is 29.4 Å². The minimum Gasteiger partial charge on any atom is -0.398 e. The van der Waals surface area contributed by atoms with Crippen LogP contribution in [0.15, 0.2) is 18.2 Å². The Morgan fingerprint density at radius 1 is 1.53 bits per heavy atom. The summed E-state index contributed by atoms with van der Waals surface area (Å²) >= 11 is 0. The zero-order valence-electron chi connectivity index (χ0n) is 9.72. The SMILES string of the molecule is CC(CO)NCC(O)c1ccc(N)c(C#N)c1. The molecule has 92 valence electrons. The second kappa shape index (κ2) is 6.21. The molecule has 5 heteroatoms. The first-order chi connectivity index (χ1) is 8.08. The lowest BCUT2D eigenvalue weighted by molar-refractivity contribution is 0.161. The van der Waals surface area contributed by atoms with Crippen molar-refractivity contribution in [1.29, 1.82) is 5.26 Å². The van der Waals surface area contributed by atoms with Gasteiger partial charge in [-0.15, -0.1) is 0 Å². The molecule has 0 saturated heterocycles. The highest BCUT2D eigenvalue weighted by Gasteiger charge is 2.10. The van der Waals surface area contributed by atoms with Gasteiger partial charge >= 0.3 is 0 Å². The predicted molar refractivity (Wildman–Crippen MR) is 65.1 cm³/mol. The molecule has 0 radical (unpaired) electrons. The van der Waals surface area contributed by atoms with Gasteiger partial charge < -0.3 is 21.3 Å². The number of nitrogen functional groups attached to an aromatic ring is 1. The number of rotatable bonds is 5. The monoisotopic (exact) mass is 235 g/mol. The van der Waals surface area contributed by atoms with E-state index in [1.54, 1.807) is 18.2 Å². The topological polar surface area (TPSA) is 102 Å². The van der Waals surface area contributed by atoms with E-state index in [-0.39, 0.29) is 12.6 Å². The summed E-state index contributed by atoms with van der Waals surface area (Å²) < 4.78 is 0. The van der Waals surface area contributed by atoms with Crippen LogP contribution in [-0.2, 0) is 0 Å². The molecular weight excluding hydrogens is 218 g/mol. The predicted octanol–water partition coefficient (Wildman–Crippen LogP) is 0.144. The van der Waals surface area contributed by atoms with E-state index in [0.29, 0.717) is 23.4 Å². The first-order valence-electron chi connectivity index (χ1n) is 5.40. The molecule has 17 heavy (non-hydrogen) atoms. The van der Waals surface area contributed by atoms with Crippen molar-refractivity contribution in [2.75, 3.05) is 18.9 Å². The Kier molecular flexibility index (Phi) is 4.91. The van der Waals surface area contributed by atoms with Crippen LogP contribution in [0.4, 0.5) is 5.69 Å². The maximum absolute atomic E-state index is 9.88. The molecular formula is C12H17N3O2. The molecule has 2 atom stereocenters. The van der Waals surface area contributed by atoms with E-state index in [9.17, 15) is 5.11 Å². The molecule has 0 fully saturated rings. The van der Waals surface area contributed by atoms with Gasteiger partial charge in [-0.25, -0.2) is 0 Å². The summed E-state index contributed by atoms with van der Waals surface area (Å²) in [5.41, 5.74) is 6.98. The molecule has 0 spiro atoms. The number of hydrogen-bond acceptors (Lipinski definition) is 5. The lowest BCUT2D eigenvalue weighted by atomic mass is 10.0. The number of aliphatic hydroxyl groups excluding tert-OH is 2. The average Bonchev–Trinajstić information content (AvgIpc) is 2.35. The Balaban J connectivity index is 2.69. The summed E-state index contributed by atoms with van der Waals surface area (Å²) in [7, 11) is 0. The highest BCUT2D eigenvalue weighted by atomic mass is 16.3. The minimum atomic E-state index is -0.725. The lowest BCUT2D eigenvalue weighted by Gasteiger charge is -2.16. The molecule has 0 aromatic heterocycles. The van der Waals surface area contributed by atoms with Crippen molar-refractivity contribution in [2.45, 2.75) is 19.1 Å². The number of hydrogen-bond donors (Lipinski definition) is 4. The second-order valence-electron chi connectivity index (χ2n) is 3.97. The van der Waals surface area contributed by atoms with E-state index in [2.05, 4.69) is 5.32 Å². The van der Waals surface area contributed by atoms with Gasteiger partial charge in [0.25, 0.3) is 0 Å². The number of nitrogens with zero attached hydrogens (tertiary/aromatic N) is 1. The summed E-state index contributed by atoms with van der Waals surface area (Å²) in [6.07, 6.45) is -0.725. The molecule has 5 N–H and O–H groups in total. The molecule has 1 aromatic rings. The molecule has 0 aliphatic carbocycles. The fourth-order valence-electron chi connectivity index (χ4n) is 1.37. The van der Waals surface area contributed by atoms with Gasteiger partial charge in [0.2, 0.25) is 0 Å². The van der Waals surface area contributed by atoms with Gasteiger partial charge in [0.1, 0.15) is 6.07 Å². The van der Waals surface area contributed by atoms with E-state index < -0.39 is 6.10 Å². The quantitative estimate of drug-likeness (QED) is 0.544. The number of aliphatic hydroxyl groups is 2. The van der Waals surface area contributed by atoms with Crippen LogP contribution < -0.4 is 11.1 Å². The average molecular weight is 235 g/mol. The zero-order chi connectivity index (χ0) is 12.8. The maximum atomic E-state index is 9.88. The smallest absolute Gasteiger partial charge is 0.101 e. The highest BCUT2D eigenvalue weighted by molar-refractivity contribution is 5.55. The van der Waals surface area contributed by atoms with Crippen molar-refractivity contribution >= 4 is 5.69 Å². The first kappa shape index (κ1) is 13.5. The van der Waals surface area contributed by atoms with Crippen LogP contribution in [0, 0.1) is 11.3 Å². The molecule has 0 saturated carbocycles. The van der Waals surface area contributed by atoms with E-state index >= 15 is 0 Å². The molecule has 0 aliphatic heterocycles. The van der Waals surface area contributed by atoms with Crippen LogP contribution in [0.25, 0.3) is 0 Å².